The standard InChI is InChI=1S/C18H21Cl2N3OS/c1-10-5-4-8-23(11(10)2)17(24)16-12(3)25-18(22-16)21-13-6-7-14(19)15(20)9-13/h6-7,9-11H,4-5,8H2,1-3H3,(H,21,22)/t10-,11-/m0/s1. The minimum atomic E-state index is 0.0231. The largest absolute Gasteiger partial charge is 0.334 e. The van der Waals surface area contributed by atoms with Crippen molar-refractivity contribution in [3.8, 4) is 0 Å². The van der Waals surface area contributed by atoms with Gasteiger partial charge in [-0.2, -0.15) is 0 Å². The number of halogens is 2. The van der Waals surface area contributed by atoms with Gasteiger partial charge in [-0.25, -0.2) is 4.98 Å². The van der Waals surface area contributed by atoms with Gasteiger partial charge in [-0.3, -0.25) is 4.79 Å². The summed E-state index contributed by atoms with van der Waals surface area (Å²) in [7, 11) is 0. The molecule has 0 aliphatic carbocycles. The molecule has 1 aromatic carbocycles. The van der Waals surface area contributed by atoms with Crippen LogP contribution in [-0.2, 0) is 0 Å². The molecule has 1 amide bonds. The average molecular weight is 398 g/mol. The van der Waals surface area contributed by atoms with Gasteiger partial charge in [-0.05, 0) is 50.8 Å². The van der Waals surface area contributed by atoms with E-state index >= 15 is 0 Å². The molecule has 1 fully saturated rings. The smallest absolute Gasteiger partial charge is 0.273 e. The number of benzene rings is 1. The minimum absolute atomic E-state index is 0.0231. The number of rotatable bonds is 3. The highest BCUT2D eigenvalue weighted by Crippen LogP contribution is 2.31. The number of hydrogen-bond donors (Lipinski definition) is 1. The molecule has 0 spiro atoms. The third kappa shape index (κ3) is 3.94. The number of aryl methyl sites for hydroxylation is 1. The van der Waals surface area contributed by atoms with Gasteiger partial charge in [0.1, 0.15) is 5.69 Å². The molecule has 3 rings (SSSR count). The third-order valence-corrected chi connectivity index (χ3v) is 6.43. The molecule has 1 saturated heterocycles. The Kier molecular flexibility index (Phi) is 5.56. The van der Waals surface area contributed by atoms with Crippen molar-refractivity contribution in [3.05, 3.63) is 38.8 Å². The molecule has 2 atom stereocenters. The Labute approximate surface area is 162 Å². The maximum absolute atomic E-state index is 12.9. The van der Waals surface area contributed by atoms with Crippen LogP contribution >= 0.6 is 34.5 Å². The number of piperidine rings is 1. The highest BCUT2D eigenvalue weighted by atomic mass is 35.5. The van der Waals surface area contributed by atoms with E-state index in [1.54, 1.807) is 12.1 Å². The van der Waals surface area contributed by atoms with Crippen LogP contribution in [0.3, 0.4) is 0 Å². The van der Waals surface area contributed by atoms with Crippen LogP contribution in [0.2, 0.25) is 10.0 Å². The van der Waals surface area contributed by atoms with Crippen molar-refractivity contribution in [3.63, 3.8) is 0 Å². The van der Waals surface area contributed by atoms with E-state index in [9.17, 15) is 4.79 Å². The maximum Gasteiger partial charge on any atom is 0.273 e. The van der Waals surface area contributed by atoms with Crippen LogP contribution in [0.5, 0.6) is 0 Å². The number of nitrogens with one attached hydrogen (secondary N) is 1. The monoisotopic (exact) mass is 397 g/mol. The molecule has 4 nitrogen and oxygen atoms in total. The Morgan fingerprint density at radius 1 is 1.32 bits per heavy atom. The summed E-state index contributed by atoms with van der Waals surface area (Å²) in [4.78, 5) is 20.3. The number of carbonyl (C=O) groups excluding carboxylic acids is 1. The molecule has 0 saturated carbocycles. The quantitative estimate of drug-likeness (QED) is 0.715. The molecule has 0 bridgehead atoms. The lowest BCUT2D eigenvalue weighted by Crippen LogP contribution is -2.46. The van der Waals surface area contributed by atoms with Crippen molar-refractivity contribution in [1.29, 1.82) is 0 Å². The van der Waals surface area contributed by atoms with E-state index < -0.39 is 0 Å². The molecule has 1 aromatic heterocycles. The van der Waals surface area contributed by atoms with Crippen LogP contribution in [0, 0.1) is 12.8 Å². The Hall–Kier alpha value is -1.30. The summed E-state index contributed by atoms with van der Waals surface area (Å²) in [6.07, 6.45) is 2.22. The molecule has 7 heteroatoms. The summed E-state index contributed by atoms with van der Waals surface area (Å²) in [5, 5.41) is 4.87. The first-order chi connectivity index (χ1) is 11.9. The number of likely N-dealkylation sites (tertiary alicyclic amines) is 1. The molecule has 1 aliphatic rings. The van der Waals surface area contributed by atoms with Gasteiger partial charge in [0, 0.05) is 23.2 Å². The summed E-state index contributed by atoms with van der Waals surface area (Å²) >= 11 is 13.5. The minimum Gasteiger partial charge on any atom is -0.334 e. The second kappa shape index (κ2) is 7.52. The summed E-state index contributed by atoms with van der Waals surface area (Å²) in [5.74, 6) is 0.542. The topological polar surface area (TPSA) is 45.2 Å². The van der Waals surface area contributed by atoms with E-state index in [1.807, 2.05) is 17.9 Å². The van der Waals surface area contributed by atoms with E-state index in [0.717, 1.165) is 23.5 Å². The summed E-state index contributed by atoms with van der Waals surface area (Å²) < 4.78 is 0. The SMILES string of the molecule is Cc1sc(Nc2ccc(Cl)c(Cl)c2)nc1C(=O)N1CCC[C@H](C)[C@@H]1C. The first-order valence-corrected chi connectivity index (χ1v) is 9.94. The van der Waals surface area contributed by atoms with Crippen LogP contribution in [-0.4, -0.2) is 28.4 Å². The van der Waals surface area contributed by atoms with E-state index in [2.05, 4.69) is 24.1 Å². The Balaban J connectivity index is 1.79. The zero-order valence-corrected chi connectivity index (χ0v) is 16.8. The number of hydrogen-bond acceptors (Lipinski definition) is 4. The third-order valence-electron chi connectivity index (χ3n) is 4.80. The lowest BCUT2D eigenvalue weighted by atomic mass is 9.92. The van der Waals surface area contributed by atoms with Crippen molar-refractivity contribution in [2.75, 3.05) is 11.9 Å². The Morgan fingerprint density at radius 3 is 2.80 bits per heavy atom. The number of amides is 1. The average Bonchev–Trinajstić information content (AvgIpc) is 2.93. The van der Waals surface area contributed by atoms with Gasteiger partial charge in [0.15, 0.2) is 5.13 Å². The second-order valence-electron chi connectivity index (χ2n) is 6.54. The van der Waals surface area contributed by atoms with Crippen LogP contribution in [0.1, 0.15) is 42.1 Å². The number of carbonyl (C=O) groups is 1. The molecule has 2 heterocycles. The summed E-state index contributed by atoms with van der Waals surface area (Å²) in [5.41, 5.74) is 1.33. The number of thiazole rings is 1. The van der Waals surface area contributed by atoms with Crippen molar-refractivity contribution >= 4 is 51.3 Å². The van der Waals surface area contributed by atoms with Crippen molar-refractivity contribution in [2.45, 2.75) is 39.7 Å². The van der Waals surface area contributed by atoms with Gasteiger partial charge in [0.05, 0.1) is 10.0 Å². The Morgan fingerprint density at radius 2 is 2.08 bits per heavy atom. The highest BCUT2D eigenvalue weighted by Gasteiger charge is 2.31. The molecule has 134 valence electrons. The fourth-order valence-electron chi connectivity index (χ4n) is 3.10. The normalized spacial score (nSPS) is 20.6. The van der Waals surface area contributed by atoms with Gasteiger partial charge >= 0.3 is 0 Å². The second-order valence-corrected chi connectivity index (χ2v) is 8.55. The molecule has 25 heavy (non-hydrogen) atoms. The fourth-order valence-corrected chi connectivity index (χ4v) is 4.23. The zero-order valence-electron chi connectivity index (χ0n) is 14.5. The molecule has 0 unspecified atom stereocenters. The van der Waals surface area contributed by atoms with E-state index in [-0.39, 0.29) is 11.9 Å². The first-order valence-electron chi connectivity index (χ1n) is 8.37. The molecule has 1 aliphatic heterocycles. The van der Waals surface area contributed by atoms with Crippen LogP contribution in [0.15, 0.2) is 18.2 Å². The Bertz CT molecular complexity index is 793. The fraction of sp³-hybridized carbons (Fsp3) is 0.444. The number of nitrogens with zero attached hydrogens (tertiary/aromatic N) is 2. The van der Waals surface area contributed by atoms with Crippen molar-refractivity contribution in [2.24, 2.45) is 5.92 Å². The molecular weight excluding hydrogens is 377 g/mol. The first kappa shape index (κ1) is 18.5. The van der Waals surface area contributed by atoms with Crippen LogP contribution < -0.4 is 5.32 Å². The van der Waals surface area contributed by atoms with Gasteiger partial charge < -0.3 is 10.2 Å². The molecule has 0 radical (unpaired) electrons. The number of anilines is 2. The van der Waals surface area contributed by atoms with Crippen LogP contribution in [0.25, 0.3) is 0 Å². The van der Waals surface area contributed by atoms with E-state index in [4.69, 9.17) is 23.2 Å². The highest BCUT2D eigenvalue weighted by molar-refractivity contribution is 7.15. The predicted octanol–water partition coefficient (Wildman–Crippen LogP) is 5.76. The van der Waals surface area contributed by atoms with Crippen LogP contribution in [0.4, 0.5) is 10.8 Å². The lowest BCUT2D eigenvalue weighted by molar-refractivity contribution is 0.0545. The van der Waals surface area contributed by atoms with Gasteiger partial charge in [0.25, 0.3) is 5.91 Å². The van der Waals surface area contributed by atoms with E-state index in [1.165, 1.54) is 17.8 Å². The lowest BCUT2D eigenvalue weighted by Gasteiger charge is -2.37. The van der Waals surface area contributed by atoms with Gasteiger partial charge in [0.2, 0.25) is 0 Å². The van der Waals surface area contributed by atoms with Crippen molar-refractivity contribution < 1.29 is 4.79 Å². The van der Waals surface area contributed by atoms with Crippen molar-refractivity contribution in [1.82, 2.24) is 9.88 Å². The number of aromatic nitrogens is 1. The summed E-state index contributed by atoms with van der Waals surface area (Å²) in [6.45, 7) is 7.06. The van der Waals surface area contributed by atoms with Gasteiger partial charge in [-0.15, -0.1) is 11.3 Å². The molecule has 2 aromatic rings. The van der Waals surface area contributed by atoms with E-state index in [0.29, 0.717) is 26.8 Å². The summed E-state index contributed by atoms with van der Waals surface area (Å²) in [6, 6.07) is 5.56. The van der Waals surface area contributed by atoms with Gasteiger partial charge in [-0.1, -0.05) is 30.1 Å². The zero-order chi connectivity index (χ0) is 18.1. The predicted molar refractivity (Wildman–Crippen MR) is 105 cm³/mol. The maximum atomic E-state index is 12.9. The molecule has 1 N–H and O–H groups in total. The molecular formula is C18H21Cl2N3OS.